The summed E-state index contributed by atoms with van der Waals surface area (Å²) in [7, 11) is 0. The number of nitrogens with one attached hydrogen (secondary N) is 2. The molecule has 9 nitrogen and oxygen atoms in total. The highest BCUT2D eigenvalue weighted by molar-refractivity contribution is 6.09. The molecule has 0 aromatic carbocycles. The number of fused-ring (bicyclic) bond motifs is 1. The van der Waals surface area contributed by atoms with Crippen molar-refractivity contribution in [1.29, 1.82) is 0 Å². The van der Waals surface area contributed by atoms with Crippen LogP contribution in [0.15, 0.2) is 44.5 Å². The Kier molecular flexibility index (Phi) is 4.94. The van der Waals surface area contributed by atoms with Crippen LogP contribution in [-0.4, -0.2) is 27.7 Å². The lowest BCUT2D eigenvalue weighted by atomic mass is 9.93. The predicted molar refractivity (Wildman–Crippen MR) is 104 cm³/mol. The molecule has 1 aliphatic rings. The van der Waals surface area contributed by atoms with E-state index in [1.165, 1.54) is 0 Å². The molecule has 0 spiro atoms. The van der Waals surface area contributed by atoms with Crippen LogP contribution in [0.25, 0.3) is 0 Å². The molecule has 3 heterocycles. The van der Waals surface area contributed by atoms with E-state index in [2.05, 4.69) is 26.0 Å². The Bertz CT molecular complexity index is 1100. The number of hydrogen-bond acceptors (Lipinski definition) is 7. The van der Waals surface area contributed by atoms with Gasteiger partial charge in [-0.1, -0.05) is 11.2 Å². The molecular weight excluding hydrogens is 374 g/mol. The Morgan fingerprint density at radius 3 is 2.76 bits per heavy atom. The SMILES string of the molecule is Cc1cc(NC(=O)c2oc3c(c2C)/C(=N/NC(=O)c2ccccn2)CCC3)no1. The van der Waals surface area contributed by atoms with E-state index in [4.69, 9.17) is 8.94 Å². The van der Waals surface area contributed by atoms with E-state index >= 15 is 0 Å². The summed E-state index contributed by atoms with van der Waals surface area (Å²) in [4.78, 5) is 28.8. The third kappa shape index (κ3) is 3.79. The minimum atomic E-state index is -0.415. The maximum Gasteiger partial charge on any atom is 0.292 e. The van der Waals surface area contributed by atoms with E-state index < -0.39 is 11.8 Å². The molecule has 4 rings (SSSR count). The molecule has 0 saturated heterocycles. The van der Waals surface area contributed by atoms with Gasteiger partial charge in [0.25, 0.3) is 11.8 Å². The van der Waals surface area contributed by atoms with Gasteiger partial charge in [0.2, 0.25) is 0 Å². The quantitative estimate of drug-likeness (QED) is 0.657. The number of carbonyl (C=O) groups is 2. The monoisotopic (exact) mass is 393 g/mol. The number of hydrazone groups is 1. The second kappa shape index (κ2) is 7.70. The second-order valence-electron chi connectivity index (χ2n) is 6.70. The smallest absolute Gasteiger partial charge is 0.292 e. The van der Waals surface area contributed by atoms with Crippen molar-refractivity contribution in [1.82, 2.24) is 15.6 Å². The van der Waals surface area contributed by atoms with Gasteiger partial charge in [-0.3, -0.25) is 14.6 Å². The van der Waals surface area contributed by atoms with Crippen molar-refractivity contribution in [2.75, 3.05) is 5.32 Å². The van der Waals surface area contributed by atoms with Crippen LogP contribution in [-0.2, 0) is 6.42 Å². The largest absolute Gasteiger partial charge is 0.455 e. The molecule has 0 bridgehead atoms. The van der Waals surface area contributed by atoms with Crippen molar-refractivity contribution < 1.29 is 18.5 Å². The van der Waals surface area contributed by atoms with Crippen LogP contribution in [0.1, 0.15) is 56.5 Å². The Morgan fingerprint density at radius 1 is 1.17 bits per heavy atom. The standard InChI is InChI=1S/C20H19N5O4/c1-11-10-16(25-29-11)22-20(27)18-12(2)17-13(7-5-8-15(17)28-18)23-24-19(26)14-6-3-4-9-21-14/h3-4,6,9-10H,5,7-8H2,1-2H3,(H,24,26)(H,22,25,27)/b23-13+. The third-order valence-electron chi connectivity index (χ3n) is 4.59. The van der Waals surface area contributed by atoms with Crippen molar-refractivity contribution in [3.8, 4) is 0 Å². The molecule has 2 amide bonds. The van der Waals surface area contributed by atoms with Crippen LogP contribution in [0, 0.1) is 13.8 Å². The van der Waals surface area contributed by atoms with E-state index in [-0.39, 0.29) is 11.5 Å². The molecule has 3 aromatic rings. The number of anilines is 1. The summed E-state index contributed by atoms with van der Waals surface area (Å²) in [6.07, 6.45) is 3.71. The number of aryl methyl sites for hydroxylation is 2. The van der Waals surface area contributed by atoms with Gasteiger partial charge in [0.1, 0.15) is 17.2 Å². The number of rotatable bonds is 4. The lowest BCUT2D eigenvalue weighted by Gasteiger charge is -2.13. The van der Waals surface area contributed by atoms with Crippen molar-refractivity contribution in [3.63, 3.8) is 0 Å². The minimum absolute atomic E-state index is 0.196. The molecular formula is C20H19N5O4. The van der Waals surface area contributed by atoms with Gasteiger partial charge >= 0.3 is 0 Å². The average molecular weight is 393 g/mol. The van der Waals surface area contributed by atoms with E-state index in [1.807, 2.05) is 0 Å². The molecule has 0 radical (unpaired) electrons. The van der Waals surface area contributed by atoms with Crippen LogP contribution >= 0.6 is 0 Å². The summed E-state index contributed by atoms with van der Waals surface area (Å²) < 4.78 is 10.8. The van der Waals surface area contributed by atoms with Gasteiger partial charge in [-0.2, -0.15) is 5.10 Å². The molecule has 1 aliphatic carbocycles. The van der Waals surface area contributed by atoms with E-state index in [0.717, 1.165) is 12.0 Å². The molecule has 3 aromatic heterocycles. The van der Waals surface area contributed by atoms with Crippen molar-refractivity contribution in [2.45, 2.75) is 33.1 Å². The Balaban J connectivity index is 1.57. The zero-order valence-corrected chi connectivity index (χ0v) is 16.0. The van der Waals surface area contributed by atoms with E-state index in [1.54, 1.807) is 44.3 Å². The summed E-state index contributed by atoms with van der Waals surface area (Å²) in [6.45, 7) is 3.54. The number of pyridine rings is 1. The highest BCUT2D eigenvalue weighted by Gasteiger charge is 2.28. The van der Waals surface area contributed by atoms with E-state index in [9.17, 15) is 9.59 Å². The normalized spacial score (nSPS) is 14.5. The molecule has 0 aliphatic heterocycles. The Hall–Kier alpha value is -3.75. The number of carbonyl (C=O) groups excluding carboxylic acids is 2. The van der Waals surface area contributed by atoms with Gasteiger partial charge in [0, 0.05) is 29.8 Å². The fraction of sp³-hybridized carbons (Fsp3) is 0.250. The molecule has 0 atom stereocenters. The van der Waals surface area contributed by atoms with Gasteiger partial charge in [-0.15, -0.1) is 0 Å². The lowest BCUT2D eigenvalue weighted by molar-refractivity contribution is 0.0948. The van der Waals surface area contributed by atoms with Crippen LogP contribution in [0.2, 0.25) is 0 Å². The summed E-state index contributed by atoms with van der Waals surface area (Å²) in [5.41, 5.74) is 4.92. The maximum absolute atomic E-state index is 12.6. The van der Waals surface area contributed by atoms with Crippen molar-refractivity contribution >= 4 is 23.3 Å². The minimum Gasteiger partial charge on any atom is -0.455 e. The maximum atomic E-state index is 12.6. The molecule has 0 fully saturated rings. The van der Waals surface area contributed by atoms with Gasteiger partial charge < -0.3 is 14.3 Å². The van der Waals surface area contributed by atoms with Crippen LogP contribution in [0.5, 0.6) is 0 Å². The third-order valence-corrected chi connectivity index (χ3v) is 4.59. The first-order valence-electron chi connectivity index (χ1n) is 9.18. The Morgan fingerprint density at radius 2 is 2.03 bits per heavy atom. The summed E-state index contributed by atoms with van der Waals surface area (Å²) >= 11 is 0. The number of aromatic nitrogens is 2. The second-order valence-corrected chi connectivity index (χ2v) is 6.70. The highest BCUT2D eigenvalue weighted by Crippen LogP contribution is 2.30. The zero-order chi connectivity index (χ0) is 20.4. The fourth-order valence-corrected chi connectivity index (χ4v) is 3.27. The first-order valence-corrected chi connectivity index (χ1v) is 9.18. The van der Waals surface area contributed by atoms with Gasteiger partial charge in [-0.25, -0.2) is 5.43 Å². The number of amides is 2. The van der Waals surface area contributed by atoms with Crippen molar-refractivity contribution in [2.24, 2.45) is 5.10 Å². The summed E-state index contributed by atoms with van der Waals surface area (Å²) in [5.74, 6) is 0.974. The number of hydrogen-bond donors (Lipinski definition) is 2. The number of furan rings is 1. The number of nitrogens with zero attached hydrogens (tertiary/aromatic N) is 3. The van der Waals surface area contributed by atoms with Gasteiger partial charge in [0.15, 0.2) is 11.6 Å². The topological polar surface area (TPSA) is 123 Å². The molecule has 0 unspecified atom stereocenters. The first kappa shape index (κ1) is 18.6. The van der Waals surface area contributed by atoms with Crippen LogP contribution in [0.4, 0.5) is 5.82 Å². The summed E-state index contributed by atoms with van der Waals surface area (Å²) in [5, 5.41) is 10.7. The fourth-order valence-electron chi connectivity index (χ4n) is 3.27. The summed E-state index contributed by atoms with van der Waals surface area (Å²) in [6, 6.07) is 6.70. The van der Waals surface area contributed by atoms with Gasteiger partial charge in [0.05, 0.1) is 5.71 Å². The first-order chi connectivity index (χ1) is 14.0. The average Bonchev–Trinajstić information content (AvgIpc) is 3.30. The highest BCUT2D eigenvalue weighted by atomic mass is 16.5. The molecule has 29 heavy (non-hydrogen) atoms. The zero-order valence-electron chi connectivity index (χ0n) is 16.0. The van der Waals surface area contributed by atoms with Crippen LogP contribution in [0.3, 0.4) is 0 Å². The molecule has 0 saturated carbocycles. The van der Waals surface area contributed by atoms with Gasteiger partial charge in [-0.05, 0) is 38.8 Å². The van der Waals surface area contributed by atoms with Crippen LogP contribution < -0.4 is 10.7 Å². The van der Waals surface area contributed by atoms with Crippen molar-refractivity contribution in [3.05, 3.63) is 64.6 Å². The molecule has 9 heteroatoms. The molecule has 2 N–H and O–H groups in total. The molecule has 148 valence electrons. The predicted octanol–water partition coefficient (Wildman–Crippen LogP) is 3.00. The van der Waals surface area contributed by atoms with E-state index in [0.29, 0.717) is 41.5 Å². The Labute approximate surface area is 166 Å². The lowest BCUT2D eigenvalue weighted by Crippen LogP contribution is -2.22.